The Bertz CT molecular complexity index is 1080. The van der Waals surface area contributed by atoms with Crippen LogP contribution in [0.3, 0.4) is 0 Å². The van der Waals surface area contributed by atoms with Crippen molar-refractivity contribution in [2.45, 2.75) is 20.4 Å². The highest BCUT2D eigenvalue weighted by molar-refractivity contribution is 6.06. The van der Waals surface area contributed by atoms with Crippen molar-refractivity contribution in [3.63, 3.8) is 0 Å². The van der Waals surface area contributed by atoms with E-state index in [2.05, 4.69) is 22.2 Å². The summed E-state index contributed by atoms with van der Waals surface area (Å²) in [5.74, 6) is -0.107. The zero-order chi connectivity index (χ0) is 18.1. The lowest BCUT2D eigenvalue weighted by Gasteiger charge is -2.08. The van der Waals surface area contributed by atoms with Gasteiger partial charge in [-0.15, -0.1) is 0 Å². The molecule has 2 heterocycles. The van der Waals surface area contributed by atoms with Crippen LogP contribution in [-0.4, -0.2) is 20.4 Å². The zero-order valence-corrected chi connectivity index (χ0v) is 14.8. The number of rotatable bonds is 4. The summed E-state index contributed by atoms with van der Waals surface area (Å²) in [6, 6.07) is 13.6. The number of nitrogens with one attached hydrogen (secondary N) is 2. The quantitative estimate of drug-likeness (QED) is 0.580. The van der Waals surface area contributed by atoms with Crippen molar-refractivity contribution in [3.05, 3.63) is 83.6 Å². The number of carbonyl (C=O) groups is 1. The molecular formula is C21H20N4O. The molecule has 0 aliphatic heterocycles. The Kier molecular flexibility index (Phi) is 4.05. The summed E-state index contributed by atoms with van der Waals surface area (Å²) in [5, 5.41) is 4.08. The largest absolute Gasteiger partial charge is 0.358 e. The molecule has 4 aromatic rings. The van der Waals surface area contributed by atoms with Gasteiger partial charge in [0.2, 0.25) is 0 Å². The number of anilines is 1. The van der Waals surface area contributed by atoms with Gasteiger partial charge in [0.05, 0.1) is 6.33 Å². The van der Waals surface area contributed by atoms with Crippen molar-refractivity contribution in [2.24, 2.45) is 0 Å². The fraction of sp³-hybridized carbons (Fsp3) is 0.143. The molecule has 0 aliphatic rings. The normalized spacial score (nSPS) is 11.0. The minimum atomic E-state index is -0.107. The van der Waals surface area contributed by atoms with Crippen molar-refractivity contribution in [3.8, 4) is 0 Å². The number of carbonyl (C=O) groups excluding carboxylic acids is 1. The third kappa shape index (κ3) is 3.11. The van der Waals surface area contributed by atoms with E-state index in [4.69, 9.17) is 0 Å². The Morgan fingerprint density at radius 1 is 1.19 bits per heavy atom. The third-order valence-electron chi connectivity index (χ3n) is 4.68. The molecule has 0 bridgehead atoms. The van der Waals surface area contributed by atoms with Gasteiger partial charge in [0.25, 0.3) is 5.91 Å². The van der Waals surface area contributed by atoms with Gasteiger partial charge >= 0.3 is 0 Å². The standard InChI is InChI=1S/C21H20N4O/c1-14-15(2)23-20-7-6-17(11-19(14)20)21(26)24-18-5-3-4-16(10-18)12-25-9-8-22-13-25/h3-11,13,23H,12H2,1-2H3,(H,24,26). The smallest absolute Gasteiger partial charge is 0.255 e. The maximum absolute atomic E-state index is 12.7. The molecule has 2 aromatic carbocycles. The van der Waals surface area contributed by atoms with E-state index in [0.29, 0.717) is 5.56 Å². The summed E-state index contributed by atoms with van der Waals surface area (Å²) in [5.41, 5.74) is 5.91. The van der Waals surface area contributed by atoms with Gasteiger partial charge in [0, 0.05) is 46.8 Å². The topological polar surface area (TPSA) is 62.7 Å². The van der Waals surface area contributed by atoms with Gasteiger partial charge in [-0.2, -0.15) is 0 Å². The first-order chi connectivity index (χ1) is 12.6. The SMILES string of the molecule is Cc1[nH]c2ccc(C(=O)Nc3cccc(Cn4ccnc4)c3)cc2c1C. The van der Waals surface area contributed by atoms with Crippen LogP contribution in [0.1, 0.15) is 27.2 Å². The average Bonchev–Trinajstić information content (AvgIpc) is 3.23. The fourth-order valence-corrected chi connectivity index (χ4v) is 3.14. The molecule has 1 amide bonds. The number of fused-ring (bicyclic) bond motifs is 1. The highest BCUT2D eigenvalue weighted by atomic mass is 16.1. The van der Waals surface area contributed by atoms with E-state index < -0.39 is 0 Å². The Morgan fingerprint density at radius 3 is 2.88 bits per heavy atom. The fourth-order valence-electron chi connectivity index (χ4n) is 3.14. The van der Waals surface area contributed by atoms with Gasteiger partial charge in [0.15, 0.2) is 0 Å². The van der Waals surface area contributed by atoms with Crippen LogP contribution in [0.5, 0.6) is 0 Å². The number of imidazole rings is 1. The molecule has 5 heteroatoms. The maximum Gasteiger partial charge on any atom is 0.255 e. The number of hydrogen-bond acceptors (Lipinski definition) is 2. The third-order valence-corrected chi connectivity index (χ3v) is 4.68. The maximum atomic E-state index is 12.7. The highest BCUT2D eigenvalue weighted by Gasteiger charge is 2.10. The van der Waals surface area contributed by atoms with Crippen LogP contribution in [0.25, 0.3) is 10.9 Å². The van der Waals surface area contributed by atoms with E-state index >= 15 is 0 Å². The van der Waals surface area contributed by atoms with Crippen molar-refractivity contribution in [1.82, 2.24) is 14.5 Å². The molecule has 0 saturated carbocycles. The number of hydrogen-bond donors (Lipinski definition) is 2. The molecule has 26 heavy (non-hydrogen) atoms. The number of nitrogens with zero attached hydrogens (tertiary/aromatic N) is 2. The number of aromatic nitrogens is 3. The Hall–Kier alpha value is -3.34. The molecule has 0 aliphatic carbocycles. The van der Waals surface area contributed by atoms with Gasteiger partial charge in [-0.3, -0.25) is 4.79 Å². The lowest BCUT2D eigenvalue weighted by atomic mass is 10.1. The molecule has 0 radical (unpaired) electrons. The Balaban J connectivity index is 1.55. The first-order valence-electron chi connectivity index (χ1n) is 8.55. The predicted octanol–water partition coefficient (Wildman–Crippen LogP) is 4.28. The molecule has 130 valence electrons. The lowest BCUT2D eigenvalue weighted by molar-refractivity contribution is 0.102. The molecule has 2 aromatic heterocycles. The second-order valence-corrected chi connectivity index (χ2v) is 6.52. The Morgan fingerprint density at radius 2 is 2.08 bits per heavy atom. The minimum Gasteiger partial charge on any atom is -0.358 e. The van der Waals surface area contributed by atoms with Crippen LogP contribution < -0.4 is 5.32 Å². The summed E-state index contributed by atoms with van der Waals surface area (Å²) in [6.07, 6.45) is 5.45. The van der Waals surface area contributed by atoms with Gasteiger partial charge < -0.3 is 14.9 Å². The molecule has 0 fully saturated rings. The van der Waals surface area contributed by atoms with E-state index in [1.807, 2.05) is 60.2 Å². The number of benzene rings is 2. The van der Waals surface area contributed by atoms with Crippen LogP contribution in [0.2, 0.25) is 0 Å². The Labute approximate surface area is 151 Å². The number of H-pyrrole nitrogens is 1. The van der Waals surface area contributed by atoms with Crippen molar-refractivity contribution in [1.29, 1.82) is 0 Å². The van der Waals surface area contributed by atoms with E-state index in [0.717, 1.165) is 34.4 Å². The molecule has 0 saturated heterocycles. The monoisotopic (exact) mass is 344 g/mol. The summed E-state index contributed by atoms with van der Waals surface area (Å²) in [7, 11) is 0. The number of amides is 1. The van der Waals surface area contributed by atoms with Crippen molar-refractivity contribution >= 4 is 22.5 Å². The molecule has 0 unspecified atom stereocenters. The van der Waals surface area contributed by atoms with Crippen molar-refractivity contribution < 1.29 is 4.79 Å². The van der Waals surface area contributed by atoms with Crippen molar-refractivity contribution in [2.75, 3.05) is 5.32 Å². The summed E-state index contributed by atoms with van der Waals surface area (Å²) in [4.78, 5) is 20.1. The predicted molar refractivity (Wildman–Crippen MR) is 103 cm³/mol. The van der Waals surface area contributed by atoms with Crippen LogP contribution in [0, 0.1) is 13.8 Å². The zero-order valence-electron chi connectivity index (χ0n) is 14.8. The van der Waals surface area contributed by atoms with Crippen LogP contribution in [-0.2, 0) is 6.54 Å². The van der Waals surface area contributed by atoms with Crippen LogP contribution in [0.15, 0.2) is 61.2 Å². The molecule has 2 N–H and O–H groups in total. The molecule has 5 nitrogen and oxygen atoms in total. The van der Waals surface area contributed by atoms with Gasteiger partial charge in [-0.1, -0.05) is 12.1 Å². The first kappa shape index (κ1) is 16.1. The first-order valence-corrected chi connectivity index (χ1v) is 8.55. The van der Waals surface area contributed by atoms with Gasteiger partial charge in [-0.25, -0.2) is 4.98 Å². The molecule has 0 spiro atoms. The van der Waals surface area contributed by atoms with E-state index in [1.165, 1.54) is 5.56 Å². The van der Waals surface area contributed by atoms with Crippen LogP contribution in [0.4, 0.5) is 5.69 Å². The second kappa shape index (κ2) is 6.52. The number of aromatic amines is 1. The highest BCUT2D eigenvalue weighted by Crippen LogP contribution is 2.23. The molecular weight excluding hydrogens is 324 g/mol. The van der Waals surface area contributed by atoms with Crippen LogP contribution >= 0.6 is 0 Å². The van der Waals surface area contributed by atoms with E-state index in [1.54, 1.807) is 12.5 Å². The lowest BCUT2D eigenvalue weighted by Crippen LogP contribution is -2.12. The second-order valence-electron chi connectivity index (χ2n) is 6.52. The van der Waals surface area contributed by atoms with Gasteiger partial charge in [0.1, 0.15) is 0 Å². The summed E-state index contributed by atoms with van der Waals surface area (Å²) >= 11 is 0. The van der Waals surface area contributed by atoms with E-state index in [9.17, 15) is 4.79 Å². The minimum absolute atomic E-state index is 0.107. The average molecular weight is 344 g/mol. The van der Waals surface area contributed by atoms with Gasteiger partial charge in [-0.05, 0) is 55.3 Å². The number of aryl methyl sites for hydroxylation is 2. The molecule has 4 rings (SSSR count). The molecule has 0 atom stereocenters. The summed E-state index contributed by atoms with van der Waals surface area (Å²) < 4.78 is 1.99. The summed E-state index contributed by atoms with van der Waals surface area (Å²) in [6.45, 7) is 4.83. The van der Waals surface area contributed by atoms with E-state index in [-0.39, 0.29) is 5.91 Å².